The maximum atomic E-state index is 12.7. The number of aromatic nitrogens is 2. The Hall–Kier alpha value is -2.47. The molecule has 0 radical (unpaired) electrons. The number of amides is 1. The lowest BCUT2D eigenvalue weighted by Crippen LogP contribution is -2.37. The van der Waals surface area contributed by atoms with Crippen LogP contribution >= 0.6 is 0 Å². The molecular weight excluding hydrogens is 328 g/mol. The van der Waals surface area contributed by atoms with Crippen molar-refractivity contribution < 1.29 is 9.53 Å². The van der Waals surface area contributed by atoms with Crippen molar-refractivity contribution in [2.24, 2.45) is 0 Å². The monoisotopic (exact) mass is 352 g/mol. The van der Waals surface area contributed by atoms with Gasteiger partial charge in [-0.25, -0.2) is 9.97 Å². The van der Waals surface area contributed by atoms with E-state index < -0.39 is 0 Å². The number of nitrogens with one attached hydrogen (secondary N) is 1. The molecule has 26 heavy (non-hydrogen) atoms. The molecule has 4 rings (SSSR count). The quantitative estimate of drug-likeness (QED) is 0.912. The normalized spacial score (nSPS) is 19.3. The van der Waals surface area contributed by atoms with Crippen LogP contribution in [0.2, 0.25) is 0 Å². The van der Waals surface area contributed by atoms with Gasteiger partial charge in [0, 0.05) is 31.3 Å². The van der Waals surface area contributed by atoms with Crippen LogP contribution in [-0.4, -0.2) is 41.0 Å². The van der Waals surface area contributed by atoms with Crippen molar-refractivity contribution in [3.05, 3.63) is 53.1 Å². The molecule has 1 aromatic heterocycles. The van der Waals surface area contributed by atoms with Gasteiger partial charge in [-0.15, -0.1) is 0 Å². The third-order valence-electron chi connectivity index (χ3n) is 5.17. The van der Waals surface area contributed by atoms with Crippen molar-refractivity contribution in [1.82, 2.24) is 20.2 Å². The molecule has 0 unspecified atom stereocenters. The second kappa shape index (κ2) is 7.41. The summed E-state index contributed by atoms with van der Waals surface area (Å²) in [4.78, 5) is 23.9. The highest BCUT2D eigenvalue weighted by atomic mass is 16.5. The summed E-state index contributed by atoms with van der Waals surface area (Å²) in [5.41, 5.74) is 3.13. The maximum Gasteiger partial charge on any atom is 0.227 e. The minimum atomic E-state index is 0.130. The minimum Gasteiger partial charge on any atom is -0.497 e. The number of hydrogen-bond donors (Lipinski definition) is 1. The Kier molecular flexibility index (Phi) is 4.84. The van der Waals surface area contributed by atoms with Crippen LogP contribution in [0.5, 0.6) is 5.75 Å². The summed E-state index contributed by atoms with van der Waals surface area (Å²) in [7, 11) is 1.64. The van der Waals surface area contributed by atoms with Crippen molar-refractivity contribution >= 4 is 5.91 Å². The van der Waals surface area contributed by atoms with Crippen molar-refractivity contribution in [1.29, 1.82) is 0 Å². The summed E-state index contributed by atoms with van der Waals surface area (Å²) in [6, 6.07) is 7.97. The predicted octanol–water partition coefficient (Wildman–Crippen LogP) is 2.04. The lowest BCUT2D eigenvalue weighted by Gasteiger charge is -2.28. The van der Waals surface area contributed by atoms with Gasteiger partial charge in [0.25, 0.3) is 0 Å². The number of fused-ring (bicyclic) bond motifs is 1. The van der Waals surface area contributed by atoms with E-state index in [0.717, 1.165) is 47.8 Å². The van der Waals surface area contributed by atoms with Crippen LogP contribution in [0.25, 0.3) is 0 Å². The molecule has 1 amide bonds. The van der Waals surface area contributed by atoms with E-state index in [1.807, 2.05) is 35.4 Å². The number of hydrogen-bond acceptors (Lipinski definition) is 5. The molecule has 1 fully saturated rings. The molecule has 6 nitrogen and oxygen atoms in total. The van der Waals surface area contributed by atoms with Crippen LogP contribution in [0, 0.1) is 0 Å². The van der Waals surface area contributed by atoms with Crippen molar-refractivity contribution in [2.75, 3.05) is 20.2 Å². The second-order valence-electron chi connectivity index (χ2n) is 6.94. The predicted molar refractivity (Wildman–Crippen MR) is 97.8 cm³/mol. The van der Waals surface area contributed by atoms with E-state index in [2.05, 4.69) is 10.3 Å². The number of nitrogens with zero attached hydrogens (tertiary/aromatic N) is 3. The minimum absolute atomic E-state index is 0.130. The van der Waals surface area contributed by atoms with Gasteiger partial charge in [-0.2, -0.15) is 0 Å². The number of ether oxygens (including phenoxy) is 1. The zero-order chi connectivity index (χ0) is 17.9. The van der Waals surface area contributed by atoms with Crippen molar-refractivity contribution in [2.45, 2.75) is 38.3 Å². The summed E-state index contributed by atoms with van der Waals surface area (Å²) >= 11 is 0. The molecule has 2 aromatic rings. The van der Waals surface area contributed by atoms with Gasteiger partial charge in [0.2, 0.25) is 5.91 Å². The van der Waals surface area contributed by atoms with Gasteiger partial charge in [-0.1, -0.05) is 12.1 Å². The Labute approximate surface area is 153 Å². The molecule has 2 aliphatic rings. The fraction of sp³-hybridized carbons (Fsp3) is 0.450. The standard InChI is InChI=1S/C20H24N4O2/c1-26-16-5-2-4-14(10-16)11-19(25)24-9-7-17-15(13-24)12-22-20(23-17)18-6-3-8-21-18/h2,4-5,10,12,18,21H,3,6-9,11,13H2,1H3/t18-/m0/s1. The Morgan fingerprint density at radius 2 is 2.35 bits per heavy atom. The zero-order valence-corrected chi connectivity index (χ0v) is 15.1. The van der Waals surface area contributed by atoms with Crippen LogP contribution in [0.3, 0.4) is 0 Å². The van der Waals surface area contributed by atoms with Crippen LogP contribution in [0.4, 0.5) is 0 Å². The molecule has 1 N–H and O–H groups in total. The van der Waals surface area contributed by atoms with Crippen LogP contribution < -0.4 is 10.1 Å². The lowest BCUT2D eigenvalue weighted by molar-refractivity contribution is -0.131. The average molecular weight is 352 g/mol. The van der Waals surface area contributed by atoms with Crippen molar-refractivity contribution in [3.63, 3.8) is 0 Å². The molecule has 1 atom stereocenters. The molecule has 2 aliphatic heterocycles. The first kappa shape index (κ1) is 17.0. The van der Waals surface area contributed by atoms with Gasteiger partial charge in [0.05, 0.1) is 25.3 Å². The van der Waals surface area contributed by atoms with Crippen LogP contribution in [0.15, 0.2) is 30.5 Å². The van der Waals surface area contributed by atoms with Gasteiger partial charge in [0.1, 0.15) is 11.6 Å². The van der Waals surface area contributed by atoms with E-state index in [-0.39, 0.29) is 11.9 Å². The first-order valence-electron chi connectivity index (χ1n) is 9.21. The van der Waals surface area contributed by atoms with Gasteiger partial charge in [-0.3, -0.25) is 4.79 Å². The smallest absolute Gasteiger partial charge is 0.227 e. The largest absolute Gasteiger partial charge is 0.497 e. The molecule has 6 heteroatoms. The lowest BCUT2D eigenvalue weighted by atomic mass is 10.0. The van der Waals surface area contributed by atoms with E-state index in [9.17, 15) is 4.79 Å². The number of carbonyl (C=O) groups excluding carboxylic acids is 1. The number of methoxy groups -OCH3 is 1. The fourth-order valence-corrected chi connectivity index (χ4v) is 3.69. The van der Waals surface area contributed by atoms with E-state index in [1.165, 1.54) is 6.42 Å². The molecular formula is C20H24N4O2. The SMILES string of the molecule is COc1cccc(CC(=O)N2CCc3nc([C@@H]4CCCN4)ncc3C2)c1. The van der Waals surface area contributed by atoms with Crippen LogP contribution in [-0.2, 0) is 24.2 Å². The molecule has 3 heterocycles. The zero-order valence-electron chi connectivity index (χ0n) is 15.1. The van der Waals surface area contributed by atoms with Gasteiger partial charge < -0.3 is 15.0 Å². The number of benzene rings is 1. The van der Waals surface area contributed by atoms with E-state index in [0.29, 0.717) is 19.5 Å². The van der Waals surface area contributed by atoms with Crippen LogP contribution in [0.1, 0.15) is 41.5 Å². The fourth-order valence-electron chi connectivity index (χ4n) is 3.69. The summed E-state index contributed by atoms with van der Waals surface area (Å²) in [5, 5.41) is 3.44. The first-order chi connectivity index (χ1) is 12.7. The molecule has 1 saturated heterocycles. The molecule has 0 bridgehead atoms. The Morgan fingerprint density at radius 3 is 3.15 bits per heavy atom. The Bertz CT molecular complexity index is 802. The highest BCUT2D eigenvalue weighted by Gasteiger charge is 2.25. The Balaban J connectivity index is 1.43. The summed E-state index contributed by atoms with van der Waals surface area (Å²) in [6.45, 7) is 2.35. The molecule has 0 spiro atoms. The van der Waals surface area contributed by atoms with E-state index >= 15 is 0 Å². The second-order valence-corrected chi connectivity index (χ2v) is 6.94. The molecule has 1 aromatic carbocycles. The first-order valence-corrected chi connectivity index (χ1v) is 9.21. The maximum absolute atomic E-state index is 12.7. The van der Waals surface area contributed by atoms with Gasteiger partial charge in [0.15, 0.2) is 0 Å². The van der Waals surface area contributed by atoms with Gasteiger partial charge >= 0.3 is 0 Å². The third kappa shape index (κ3) is 3.55. The highest BCUT2D eigenvalue weighted by Crippen LogP contribution is 2.23. The van der Waals surface area contributed by atoms with Crippen molar-refractivity contribution in [3.8, 4) is 5.75 Å². The van der Waals surface area contributed by atoms with Gasteiger partial charge in [-0.05, 0) is 37.1 Å². The summed E-state index contributed by atoms with van der Waals surface area (Å²) in [6.07, 6.45) is 5.36. The summed E-state index contributed by atoms with van der Waals surface area (Å²) in [5.74, 6) is 1.81. The highest BCUT2D eigenvalue weighted by molar-refractivity contribution is 5.79. The van der Waals surface area contributed by atoms with E-state index in [4.69, 9.17) is 9.72 Å². The Morgan fingerprint density at radius 1 is 1.42 bits per heavy atom. The third-order valence-corrected chi connectivity index (χ3v) is 5.17. The molecule has 0 saturated carbocycles. The number of rotatable bonds is 4. The molecule has 136 valence electrons. The topological polar surface area (TPSA) is 67.3 Å². The molecule has 0 aliphatic carbocycles. The average Bonchev–Trinajstić information content (AvgIpc) is 3.22. The van der Waals surface area contributed by atoms with E-state index in [1.54, 1.807) is 7.11 Å². The number of carbonyl (C=O) groups is 1. The summed E-state index contributed by atoms with van der Waals surface area (Å²) < 4.78 is 5.24.